The highest BCUT2D eigenvalue weighted by Gasteiger charge is 2.19. The Labute approximate surface area is 200 Å². The molecular formula is C25H31N7O2. The predicted octanol–water partition coefficient (Wildman–Crippen LogP) is 3.02. The van der Waals surface area contributed by atoms with E-state index in [1.807, 2.05) is 62.5 Å². The zero-order valence-electron chi connectivity index (χ0n) is 19.7. The van der Waals surface area contributed by atoms with Crippen molar-refractivity contribution in [3.8, 4) is 11.5 Å². The van der Waals surface area contributed by atoms with E-state index in [0.717, 1.165) is 54.6 Å². The monoisotopic (exact) mass is 461 g/mol. The van der Waals surface area contributed by atoms with Gasteiger partial charge in [-0.15, -0.1) is 0 Å². The smallest absolute Gasteiger partial charge is 0.232 e. The molecule has 4 rings (SSSR count). The van der Waals surface area contributed by atoms with E-state index in [0.29, 0.717) is 24.3 Å². The summed E-state index contributed by atoms with van der Waals surface area (Å²) in [6.07, 6.45) is 0. The molecular weight excluding hydrogens is 430 g/mol. The summed E-state index contributed by atoms with van der Waals surface area (Å²) >= 11 is 0. The van der Waals surface area contributed by atoms with Gasteiger partial charge in [0.25, 0.3) is 0 Å². The molecule has 0 aliphatic carbocycles. The number of benzene rings is 2. The first-order chi connectivity index (χ1) is 16.5. The van der Waals surface area contributed by atoms with Crippen molar-refractivity contribution in [3.63, 3.8) is 0 Å². The number of aryl methyl sites for hydroxylation is 1. The van der Waals surface area contributed by atoms with Gasteiger partial charge in [0.05, 0.1) is 6.61 Å². The van der Waals surface area contributed by atoms with Gasteiger partial charge >= 0.3 is 0 Å². The maximum absolute atomic E-state index is 9.13. The fraction of sp³-hybridized carbons (Fsp3) is 0.320. The van der Waals surface area contributed by atoms with Crippen LogP contribution in [0.2, 0.25) is 0 Å². The molecule has 3 aromatic rings. The van der Waals surface area contributed by atoms with E-state index < -0.39 is 0 Å². The highest BCUT2D eigenvalue weighted by molar-refractivity contribution is 5.62. The number of aliphatic hydroxyl groups is 1. The lowest BCUT2D eigenvalue weighted by atomic mass is 10.2. The van der Waals surface area contributed by atoms with Gasteiger partial charge in [0.15, 0.2) is 0 Å². The average Bonchev–Trinajstić information content (AvgIpc) is 2.85. The van der Waals surface area contributed by atoms with Gasteiger partial charge in [0.1, 0.15) is 17.3 Å². The molecule has 1 saturated heterocycles. The topological polar surface area (TPSA) is 98.7 Å². The second-order valence-electron chi connectivity index (χ2n) is 8.06. The Morgan fingerprint density at radius 3 is 2.24 bits per heavy atom. The molecule has 178 valence electrons. The number of β-amino-alcohol motifs (C(OH)–C–C–N with tert-alkyl or cyclic N) is 1. The van der Waals surface area contributed by atoms with Crippen molar-refractivity contribution in [2.45, 2.75) is 6.92 Å². The first kappa shape index (κ1) is 23.5. The van der Waals surface area contributed by atoms with Crippen LogP contribution in [0.25, 0.3) is 5.70 Å². The predicted molar refractivity (Wildman–Crippen MR) is 135 cm³/mol. The van der Waals surface area contributed by atoms with Crippen LogP contribution >= 0.6 is 0 Å². The number of nitrogens with zero attached hydrogens (tertiary/aromatic N) is 5. The number of rotatable bonds is 9. The molecule has 9 heteroatoms. The normalized spacial score (nSPS) is 14.0. The number of aromatic nitrogens is 3. The van der Waals surface area contributed by atoms with E-state index in [2.05, 4.69) is 42.0 Å². The summed E-state index contributed by atoms with van der Waals surface area (Å²) in [4.78, 5) is 18.0. The summed E-state index contributed by atoms with van der Waals surface area (Å²) in [5.74, 6) is 3.33. The molecule has 34 heavy (non-hydrogen) atoms. The van der Waals surface area contributed by atoms with Gasteiger partial charge in [-0.3, -0.25) is 4.90 Å². The lowest BCUT2D eigenvalue weighted by molar-refractivity contribution is 0.188. The van der Waals surface area contributed by atoms with Gasteiger partial charge < -0.3 is 25.4 Å². The Bertz CT molecular complexity index is 1100. The van der Waals surface area contributed by atoms with Crippen LogP contribution < -0.4 is 20.3 Å². The third-order valence-corrected chi connectivity index (χ3v) is 5.66. The molecule has 1 aliphatic rings. The Balaban J connectivity index is 1.38. The maximum atomic E-state index is 9.13. The molecule has 9 nitrogen and oxygen atoms in total. The fourth-order valence-electron chi connectivity index (χ4n) is 3.72. The van der Waals surface area contributed by atoms with Gasteiger partial charge in [-0.25, -0.2) is 0 Å². The molecule has 0 amide bonds. The van der Waals surface area contributed by atoms with E-state index in [-0.39, 0.29) is 6.61 Å². The van der Waals surface area contributed by atoms with Gasteiger partial charge in [0, 0.05) is 51.2 Å². The lowest BCUT2D eigenvalue weighted by Crippen LogP contribution is -2.47. The third-order valence-electron chi connectivity index (χ3n) is 5.66. The van der Waals surface area contributed by atoms with Crippen molar-refractivity contribution >= 4 is 23.3 Å². The average molecular weight is 462 g/mol. The van der Waals surface area contributed by atoms with Crippen molar-refractivity contribution in [2.75, 3.05) is 56.6 Å². The summed E-state index contributed by atoms with van der Waals surface area (Å²) in [5, 5.41) is 15.4. The quantitative estimate of drug-likeness (QED) is 0.444. The van der Waals surface area contributed by atoms with Crippen molar-refractivity contribution < 1.29 is 9.84 Å². The van der Waals surface area contributed by atoms with Crippen LogP contribution in [0.1, 0.15) is 11.4 Å². The van der Waals surface area contributed by atoms with E-state index in [1.165, 1.54) is 0 Å². The van der Waals surface area contributed by atoms with E-state index in [9.17, 15) is 0 Å². The molecule has 0 unspecified atom stereocenters. The first-order valence-electron chi connectivity index (χ1n) is 11.4. The number of nitrogens with one attached hydrogen (secondary N) is 2. The zero-order chi connectivity index (χ0) is 23.9. The molecule has 0 atom stereocenters. The number of aliphatic hydroxyl groups excluding tert-OH is 1. The first-order valence-corrected chi connectivity index (χ1v) is 11.4. The molecule has 0 radical (unpaired) electrons. The standard InChI is InChI=1S/C25H31N7O2/c1-18(26-3)20-4-8-22(9-5-20)34-23-10-6-21(7-11-23)29-24-27-19(2)28-25(30-24)32-14-12-31(13-15-32)16-17-33/h4-11,26,33H,1,12-17H2,2-3H3,(H,27,28,29,30). The van der Waals surface area contributed by atoms with Crippen LogP contribution in [0, 0.1) is 6.92 Å². The minimum absolute atomic E-state index is 0.182. The largest absolute Gasteiger partial charge is 0.457 e. The van der Waals surface area contributed by atoms with Crippen LogP contribution in [-0.2, 0) is 0 Å². The van der Waals surface area contributed by atoms with Gasteiger partial charge in [0.2, 0.25) is 11.9 Å². The van der Waals surface area contributed by atoms with Gasteiger partial charge in [-0.2, -0.15) is 15.0 Å². The van der Waals surface area contributed by atoms with Crippen molar-refractivity contribution in [2.24, 2.45) is 0 Å². The van der Waals surface area contributed by atoms with E-state index in [1.54, 1.807) is 0 Å². The van der Waals surface area contributed by atoms with Crippen LogP contribution in [0.5, 0.6) is 11.5 Å². The van der Waals surface area contributed by atoms with E-state index >= 15 is 0 Å². The van der Waals surface area contributed by atoms with Crippen LogP contribution in [0.4, 0.5) is 17.6 Å². The zero-order valence-corrected chi connectivity index (χ0v) is 19.7. The Kier molecular flexibility index (Phi) is 7.56. The molecule has 1 aromatic heterocycles. The Morgan fingerprint density at radius 1 is 0.971 bits per heavy atom. The Hall–Kier alpha value is -3.69. The highest BCUT2D eigenvalue weighted by atomic mass is 16.5. The summed E-state index contributed by atoms with van der Waals surface area (Å²) < 4.78 is 5.95. The van der Waals surface area contributed by atoms with Crippen molar-refractivity contribution in [1.29, 1.82) is 0 Å². The molecule has 0 spiro atoms. The van der Waals surface area contributed by atoms with Crippen LogP contribution in [0.15, 0.2) is 55.1 Å². The number of hydrogen-bond donors (Lipinski definition) is 3. The number of ether oxygens (including phenoxy) is 1. The second kappa shape index (κ2) is 11.0. The highest BCUT2D eigenvalue weighted by Crippen LogP contribution is 2.25. The number of anilines is 3. The second-order valence-corrected chi connectivity index (χ2v) is 8.06. The maximum Gasteiger partial charge on any atom is 0.232 e. The molecule has 0 bridgehead atoms. The minimum Gasteiger partial charge on any atom is -0.457 e. The number of hydrogen-bond acceptors (Lipinski definition) is 9. The van der Waals surface area contributed by atoms with Gasteiger partial charge in [-0.1, -0.05) is 6.58 Å². The third kappa shape index (κ3) is 6.00. The van der Waals surface area contributed by atoms with Crippen molar-refractivity contribution in [3.05, 3.63) is 66.5 Å². The van der Waals surface area contributed by atoms with Crippen molar-refractivity contribution in [1.82, 2.24) is 25.2 Å². The molecule has 3 N–H and O–H groups in total. The molecule has 1 aliphatic heterocycles. The van der Waals surface area contributed by atoms with E-state index in [4.69, 9.17) is 9.84 Å². The molecule has 2 heterocycles. The summed E-state index contributed by atoms with van der Waals surface area (Å²) in [7, 11) is 1.85. The number of piperazine rings is 1. The minimum atomic E-state index is 0.182. The summed E-state index contributed by atoms with van der Waals surface area (Å²) in [5.41, 5.74) is 2.74. The van der Waals surface area contributed by atoms with Gasteiger partial charge in [-0.05, 0) is 61.0 Å². The van der Waals surface area contributed by atoms with Crippen LogP contribution in [0.3, 0.4) is 0 Å². The molecule has 1 fully saturated rings. The SMILES string of the molecule is C=C(NC)c1ccc(Oc2ccc(Nc3nc(C)nc(N4CCN(CCO)CC4)n3)cc2)cc1. The molecule has 0 saturated carbocycles. The summed E-state index contributed by atoms with van der Waals surface area (Å²) in [6, 6.07) is 15.4. The summed E-state index contributed by atoms with van der Waals surface area (Å²) in [6.45, 7) is 10.1. The van der Waals surface area contributed by atoms with Crippen LogP contribution in [-0.4, -0.2) is 71.3 Å². The Morgan fingerprint density at radius 2 is 1.62 bits per heavy atom. The lowest BCUT2D eigenvalue weighted by Gasteiger charge is -2.34. The fourth-order valence-corrected chi connectivity index (χ4v) is 3.72. The molecule has 2 aromatic carbocycles.